The van der Waals surface area contributed by atoms with Gasteiger partial charge in [0.1, 0.15) is 10.7 Å². The van der Waals surface area contributed by atoms with Crippen LogP contribution in [-0.4, -0.2) is 40.6 Å². The third-order valence-corrected chi connectivity index (χ3v) is 3.82. The van der Waals surface area contributed by atoms with Crippen LogP contribution in [0.5, 0.6) is 0 Å². The van der Waals surface area contributed by atoms with Crippen LogP contribution in [0, 0.1) is 11.6 Å². The molecule has 2 rings (SSSR count). The van der Waals surface area contributed by atoms with Crippen molar-refractivity contribution in [3.63, 3.8) is 0 Å². The molecule has 0 unspecified atom stereocenters. The van der Waals surface area contributed by atoms with Crippen LogP contribution in [0.3, 0.4) is 0 Å². The Morgan fingerprint density at radius 1 is 1.38 bits per heavy atom. The number of rotatable bonds is 5. The molecule has 0 atom stereocenters. The normalized spacial score (nSPS) is 10.7. The van der Waals surface area contributed by atoms with Gasteiger partial charge in [0.05, 0.1) is 6.61 Å². The van der Waals surface area contributed by atoms with Crippen LogP contribution in [-0.2, 0) is 0 Å². The number of benzene rings is 1. The molecule has 0 fully saturated rings. The van der Waals surface area contributed by atoms with Crippen LogP contribution >= 0.6 is 11.3 Å². The van der Waals surface area contributed by atoms with E-state index in [2.05, 4.69) is 4.98 Å². The van der Waals surface area contributed by atoms with Gasteiger partial charge < -0.3 is 10.0 Å². The van der Waals surface area contributed by atoms with Crippen molar-refractivity contribution in [2.75, 3.05) is 19.7 Å². The lowest BCUT2D eigenvalue weighted by molar-refractivity contribution is 0.0727. The standard InChI is InChI=1S/C14H14F2N2O2S/c1-2-18(5-6-19)14(20)12-8-21-13(17-12)9-3-4-10(15)11(16)7-9/h3-4,7-8,19H,2,5-6H2,1H3. The number of likely N-dealkylation sites (N-methyl/N-ethyl adjacent to an activating group) is 1. The van der Waals surface area contributed by atoms with Gasteiger partial charge >= 0.3 is 0 Å². The summed E-state index contributed by atoms with van der Waals surface area (Å²) in [6, 6.07) is 3.49. The van der Waals surface area contributed by atoms with E-state index in [-0.39, 0.29) is 24.8 Å². The maximum atomic E-state index is 13.2. The van der Waals surface area contributed by atoms with Gasteiger partial charge in [0.2, 0.25) is 0 Å². The molecule has 21 heavy (non-hydrogen) atoms. The highest BCUT2D eigenvalue weighted by molar-refractivity contribution is 7.13. The van der Waals surface area contributed by atoms with Gasteiger partial charge in [0, 0.05) is 24.0 Å². The van der Waals surface area contributed by atoms with Gasteiger partial charge in [-0.2, -0.15) is 0 Å². The summed E-state index contributed by atoms with van der Waals surface area (Å²) in [6.45, 7) is 2.36. The first-order valence-corrected chi connectivity index (χ1v) is 7.25. The third kappa shape index (κ3) is 3.43. The number of aliphatic hydroxyl groups excluding tert-OH is 1. The topological polar surface area (TPSA) is 53.4 Å². The number of amides is 1. The Morgan fingerprint density at radius 2 is 2.14 bits per heavy atom. The van der Waals surface area contributed by atoms with E-state index in [1.807, 2.05) is 0 Å². The lowest BCUT2D eigenvalue weighted by Gasteiger charge is -2.18. The Bertz CT molecular complexity index is 646. The summed E-state index contributed by atoms with van der Waals surface area (Å²) in [7, 11) is 0. The van der Waals surface area contributed by atoms with Crippen LogP contribution in [0.2, 0.25) is 0 Å². The fraction of sp³-hybridized carbons (Fsp3) is 0.286. The summed E-state index contributed by atoms with van der Waals surface area (Å²) >= 11 is 1.18. The molecule has 0 saturated carbocycles. The maximum Gasteiger partial charge on any atom is 0.273 e. The molecule has 2 aromatic rings. The Kier molecular flexibility index (Phi) is 4.98. The predicted octanol–water partition coefficient (Wildman–Crippen LogP) is 2.54. The second-order valence-electron chi connectivity index (χ2n) is 4.28. The van der Waals surface area contributed by atoms with Crippen molar-refractivity contribution in [2.45, 2.75) is 6.92 Å². The number of hydrogen-bond acceptors (Lipinski definition) is 4. The van der Waals surface area contributed by atoms with E-state index in [4.69, 9.17) is 5.11 Å². The molecule has 0 aliphatic heterocycles. The minimum absolute atomic E-state index is 0.125. The molecule has 7 heteroatoms. The van der Waals surface area contributed by atoms with Crippen molar-refractivity contribution in [3.05, 3.63) is 40.9 Å². The zero-order valence-corrected chi connectivity index (χ0v) is 12.2. The second-order valence-corrected chi connectivity index (χ2v) is 5.13. The first kappa shape index (κ1) is 15.5. The van der Waals surface area contributed by atoms with Gasteiger partial charge in [0.15, 0.2) is 11.6 Å². The van der Waals surface area contributed by atoms with Crippen LogP contribution in [0.1, 0.15) is 17.4 Å². The molecular formula is C14H14F2N2O2S. The average Bonchev–Trinajstić information content (AvgIpc) is 2.96. The van der Waals surface area contributed by atoms with Gasteiger partial charge in [0.25, 0.3) is 5.91 Å². The minimum Gasteiger partial charge on any atom is -0.395 e. The van der Waals surface area contributed by atoms with Crippen molar-refractivity contribution in [2.24, 2.45) is 0 Å². The molecule has 1 aromatic heterocycles. The Hall–Kier alpha value is -1.86. The zero-order valence-electron chi connectivity index (χ0n) is 11.3. The van der Waals surface area contributed by atoms with Gasteiger partial charge in [-0.25, -0.2) is 13.8 Å². The second kappa shape index (κ2) is 6.73. The summed E-state index contributed by atoms with van der Waals surface area (Å²) in [5.41, 5.74) is 0.651. The highest BCUT2D eigenvalue weighted by atomic mass is 32.1. The molecule has 1 heterocycles. The average molecular weight is 312 g/mol. The molecule has 0 bridgehead atoms. The summed E-state index contributed by atoms with van der Waals surface area (Å²) < 4.78 is 26.1. The molecule has 0 radical (unpaired) electrons. The smallest absolute Gasteiger partial charge is 0.273 e. The SMILES string of the molecule is CCN(CCO)C(=O)c1csc(-c2ccc(F)c(F)c2)n1. The maximum absolute atomic E-state index is 13.2. The highest BCUT2D eigenvalue weighted by Gasteiger charge is 2.18. The Morgan fingerprint density at radius 3 is 2.76 bits per heavy atom. The van der Waals surface area contributed by atoms with Gasteiger partial charge in [-0.05, 0) is 25.1 Å². The monoisotopic (exact) mass is 312 g/mol. The van der Waals surface area contributed by atoms with E-state index < -0.39 is 11.6 Å². The van der Waals surface area contributed by atoms with E-state index >= 15 is 0 Å². The van der Waals surface area contributed by atoms with E-state index in [0.29, 0.717) is 17.1 Å². The first-order valence-electron chi connectivity index (χ1n) is 6.38. The number of hydrogen-bond donors (Lipinski definition) is 1. The molecule has 1 amide bonds. The van der Waals surface area contributed by atoms with Crippen LogP contribution in [0.25, 0.3) is 10.6 Å². The number of nitrogens with zero attached hydrogens (tertiary/aromatic N) is 2. The predicted molar refractivity (Wildman–Crippen MR) is 76.1 cm³/mol. The van der Waals surface area contributed by atoms with E-state index in [9.17, 15) is 13.6 Å². The van der Waals surface area contributed by atoms with Gasteiger partial charge in [-0.1, -0.05) is 0 Å². The molecule has 0 aliphatic carbocycles. The molecule has 112 valence electrons. The van der Waals surface area contributed by atoms with E-state index in [1.54, 1.807) is 12.3 Å². The van der Waals surface area contributed by atoms with E-state index in [0.717, 1.165) is 12.1 Å². The molecule has 0 saturated heterocycles. The minimum atomic E-state index is -0.953. The number of thiazole rings is 1. The summed E-state index contributed by atoms with van der Waals surface area (Å²) in [6.07, 6.45) is 0. The molecule has 0 spiro atoms. The molecule has 0 aliphatic rings. The quantitative estimate of drug-likeness (QED) is 0.923. The summed E-state index contributed by atoms with van der Waals surface area (Å²) in [4.78, 5) is 17.8. The van der Waals surface area contributed by atoms with Crippen molar-refractivity contribution in [3.8, 4) is 10.6 Å². The van der Waals surface area contributed by atoms with Crippen LogP contribution in [0.15, 0.2) is 23.6 Å². The highest BCUT2D eigenvalue weighted by Crippen LogP contribution is 2.25. The number of carbonyl (C=O) groups is 1. The fourth-order valence-electron chi connectivity index (χ4n) is 1.82. The Balaban J connectivity index is 2.24. The number of aromatic nitrogens is 1. The summed E-state index contributed by atoms with van der Waals surface area (Å²) in [5, 5.41) is 10.9. The summed E-state index contributed by atoms with van der Waals surface area (Å²) in [5.74, 6) is -2.17. The number of carbonyl (C=O) groups excluding carboxylic acids is 1. The molecule has 4 nitrogen and oxygen atoms in total. The van der Waals surface area contributed by atoms with Crippen molar-refractivity contribution in [1.29, 1.82) is 0 Å². The van der Waals surface area contributed by atoms with Crippen LogP contribution in [0.4, 0.5) is 8.78 Å². The number of aliphatic hydroxyl groups is 1. The molecule has 1 N–H and O–H groups in total. The van der Waals surface area contributed by atoms with Crippen molar-refractivity contribution >= 4 is 17.2 Å². The van der Waals surface area contributed by atoms with Gasteiger partial charge in [-0.15, -0.1) is 11.3 Å². The van der Waals surface area contributed by atoms with Crippen molar-refractivity contribution in [1.82, 2.24) is 9.88 Å². The van der Waals surface area contributed by atoms with Crippen molar-refractivity contribution < 1.29 is 18.7 Å². The van der Waals surface area contributed by atoms with Crippen LogP contribution < -0.4 is 0 Å². The zero-order chi connectivity index (χ0) is 15.4. The Labute approximate surface area is 124 Å². The lowest BCUT2D eigenvalue weighted by atomic mass is 10.2. The largest absolute Gasteiger partial charge is 0.395 e. The van der Waals surface area contributed by atoms with E-state index in [1.165, 1.54) is 22.3 Å². The molecule has 1 aromatic carbocycles. The molecular weight excluding hydrogens is 298 g/mol. The fourth-order valence-corrected chi connectivity index (χ4v) is 2.61. The lowest BCUT2D eigenvalue weighted by Crippen LogP contribution is -2.33. The third-order valence-electron chi connectivity index (χ3n) is 2.93. The van der Waals surface area contributed by atoms with Gasteiger partial charge in [-0.3, -0.25) is 4.79 Å². The number of halogens is 2. The first-order chi connectivity index (χ1) is 10.1.